The monoisotopic (exact) mass is 266 g/mol. The van der Waals surface area contributed by atoms with Crippen LogP contribution in [0.5, 0.6) is 5.75 Å². The fourth-order valence-corrected chi connectivity index (χ4v) is 1.49. The van der Waals surface area contributed by atoms with E-state index in [0.717, 1.165) is 15.9 Å². The molecule has 0 radical (unpaired) electrons. The summed E-state index contributed by atoms with van der Waals surface area (Å²) < 4.78 is 8.38. The van der Waals surface area contributed by atoms with E-state index in [9.17, 15) is 0 Å². The van der Waals surface area contributed by atoms with Crippen LogP contribution >= 0.6 is 15.9 Å². The lowest BCUT2D eigenvalue weighted by Gasteiger charge is -2.03. The van der Waals surface area contributed by atoms with E-state index in [-0.39, 0.29) is 0 Å². The van der Waals surface area contributed by atoms with Crippen molar-refractivity contribution >= 4 is 15.9 Å². The third-order valence-electron chi connectivity index (χ3n) is 1.97. The Labute approximate surface area is 96.8 Å². The highest BCUT2D eigenvalue weighted by atomic mass is 79.9. The van der Waals surface area contributed by atoms with E-state index in [2.05, 4.69) is 21.0 Å². The second-order valence-corrected chi connectivity index (χ2v) is 4.14. The van der Waals surface area contributed by atoms with E-state index in [1.165, 1.54) is 0 Å². The quantitative estimate of drug-likeness (QED) is 0.855. The Morgan fingerprint density at radius 2 is 2.00 bits per heavy atom. The van der Waals surface area contributed by atoms with Crippen LogP contribution in [0.3, 0.4) is 0 Å². The van der Waals surface area contributed by atoms with Gasteiger partial charge in [-0.05, 0) is 30.3 Å². The van der Waals surface area contributed by atoms with Gasteiger partial charge in [-0.2, -0.15) is 5.10 Å². The smallest absolute Gasteiger partial charge is 0.132 e. The number of ether oxygens (including phenoxy) is 1. The Bertz CT molecular complexity index is 436. The summed E-state index contributed by atoms with van der Waals surface area (Å²) in [5.74, 6) is 0.851. The van der Waals surface area contributed by atoms with Crippen molar-refractivity contribution in [3.63, 3.8) is 0 Å². The van der Waals surface area contributed by atoms with Gasteiger partial charge >= 0.3 is 0 Å². The molecule has 0 N–H and O–H groups in total. The highest BCUT2D eigenvalue weighted by molar-refractivity contribution is 9.10. The summed E-state index contributed by atoms with van der Waals surface area (Å²) in [5.41, 5.74) is 0.931. The molecule has 4 heteroatoms. The van der Waals surface area contributed by atoms with Gasteiger partial charge < -0.3 is 4.74 Å². The predicted molar refractivity (Wildman–Crippen MR) is 61.7 cm³/mol. The van der Waals surface area contributed by atoms with Gasteiger partial charge in [-0.3, -0.25) is 4.68 Å². The third-order valence-corrected chi connectivity index (χ3v) is 2.50. The maximum Gasteiger partial charge on any atom is 0.132 e. The van der Waals surface area contributed by atoms with Crippen molar-refractivity contribution in [3.8, 4) is 5.75 Å². The summed E-state index contributed by atoms with van der Waals surface area (Å²) in [7, 11) is 1.89. The van der Waals surface area contributed by atoms with Crippen molar-refractivity contribution in [2.24, 2.45) is 7.05 Å². The van der Waals surface area contributed by atoms with Crippen LogP contribution in [0.15, 0.2) is 41.0 Å². The topological polar surface area (TPSA) is 27.1 Å². The van der Waals surface area contributed by atoms with Gasteiger partial charge in [-0.15, -0.1) is 0 Å². The second-order valence-electron chi connectivity index (χ2n) is 3.22. The standard InChI is InChI=1S/C11H11BrN2O/c1-14-7-6-10(13-14)8-15-11-4-2-9(12)3-5-11/h2-7H,8H2,1H3. The highest BCUT2D eigenvalue weighted by Crippen LogP contribution is 2.16. The Morgan fingerprint density at radius 3 is 2.60 bits per heavy atom. The molecule has 0 atom stereocenters. The first-order chi connectivity index (χ1) is 7.24. The van der Waals surface area contributed by atoms with Gasteiger partial charge in [0.15, 0.2) is 0 Å². The van der Waals surface area contributed by atoms with E-state index >= 15 is 0 Å². The van der Waals surface area contributed by atoms with Crippen LogP contribution in [0, 0.1) is 0 Å². The van der Waals surface area contributed by atoms with Crippen LogP contribution in [-0.4, -0.2) is 9.78 Å². The molecule has 0 amide bonds. The largest absolute Gasteiger partial charge is 0.487 e. The Kier molecular flexibility index (Phi) is 3.06. The van der Waals surface area contributed by atoms with Crippen LogP contribution in [0.2, 0.25) is 0 Å². The summed E-state index contributed by atoms with van der Waals surface area (Å²) in [5, 5.41) is 4.23. The van der Waals surface area contributed by atoms with Crippen molar-refractivity contribution in [2.45, 2.75) is 6.61 Å². The van der Waals surface area contributed by atoms with Crippen LogP contribution in [0.1, 0.15) is 5.69 Å². The molecular weight excluding hydrogens is 256 g/mol. The zero-order valence-corrected chi connectivity index (χ0v) is 9.94. The lowest BCUT2D eigenvalue weighted by atomic mass is 10.3. The molecule has 1 aromatic carbocycles. The molecular formula is C11H11BrN2O. The average molecular weight is 267 g/mol. The SMILES string of the molecule is Cn1ccc(COc2ccc(Br)cc2)n1. The lowest BCUT2D eigenvalue weighted by molar-refractivity contribution is 0.300. The van der Waals surface area contributed by atoms with Crippen molar-refractivity contribution in [1.82, 2.24) is 9.78 Å². The number of halogens is 1. The average Bonchev–Trinajstić information content (AvgIpc) is 2.64. The van der Waals surface area contributed by atoms with Gasteiger partial charge in [0.05, 0.1) is 5.69 Å². The van der Waals surface area contributed by atoms with E-state index < -0.39 is 0 Å². The van der Waals surface area contributed by atoms with E-state index in [4.69, 9.17) is 4.74 Å². The number of rotatable bonds is 3. The molecule has 2 rings (SSSR count). The van der Waals surface area contributed by atoms with Crippen molar-refractivity contribution in [1.29, 1.82) is 0 Å². The second kappa shape index (κ2) is 4.49. The molecule has 0 aliphatic rings. The normalized spacial score (nSPS) is 10.3. The first-order valence-corrected chi connectivity index (χ1v) is 5.40. The number of benzene rings is 1. The molecule has 0 fully saturated rings. The molecule has 1 heterocycles. The van der Waals surface area contributed by atoms with Crippen molar-refractivity contribution in [3.05, 3.63) is 46.7 Å². The van der Waals surface area contributed by atoms with Crippen LogP contribution in [0.25, 0.3) is 0 Å². The van der Waals surface area contributed by atoms with Crippen molar-refractivity contribution < 1.29 is 4.74 Å². The summed E-state index contributed by atoms with van der Waals surface area (Å²) in [6.07, 6.45) is 1.90. The number of hydrogen-bond donors (Lipinski definition) is 0. The molecule has 0 saturated carbocycles. The number of aromatic nitrogens is 2. The van der Waals surface area contributed by atoms with Crippen LogP contribution in [-0.2, 0) is 13.7 Å². The summed E-state index contributed by atoms with van der Waals surface area (Å²) in [6, 6.07) is 9.69. The van der Waals surface area contributed by atoms with Crippen LogP contribution < -0.4 is 4.74 Å². The molecule has 3 nitrogen and oxygen atoms in total. The number of hydrogen-bond acceptors (Lipinski definition) is 2. The first kappa shape index (κ1) is 10.2. The highest BCUT2D eigenvalue weighted by Gasteiger charge is 1.98. The maximum absolute atomic E-state index is 5.56. The molecule has 0 bridgehead atoms. The number of aryl methyl sites for hydroxylation is 1. The Balaban J connectivity index is 1.96. The zero-order chi connectivity index (χ0) is 10.7. The van der Waals surface area contributed by atoms with Gasteiger partial charge in [0.1, 0.15) is 12.4 Å². The summed E-state index contributed by atoms with van der Waals surface area (Å²) >= 11 is 3.37. The van der Waals surface area contributed by atoms with E-state index in [0.29, 0.717) is 6.61 Å². The minimum Gasteiger partial charge on any atom is -0.487 e. The molecule has 2 aromatic rings. The molecule has 78 valence electrons. The molecule has 15 heavy (non-hydrogen) atoms. The van der Waals surface area contributed by atoms with Crippen molar-refractivity contribution in [2.75, 3.05) is 0 Å². The Hall–Kier alpha value is -1.29. The van der Waals surface area contributed by atoms with Gasteiger partial charge in [0, 0.05) is 17.7 Å². The fraction of sp³-hybridized carbons (Fsp3) is 0.182. The van der Waals surface area contributed by atoms with E-state index in [1.807, 2.05) is 43.6 Å². The maximum atomic E-state index is 5.56. The molecule has 0 unspecified atom stereocenters. The molecule has 0 aliphatic heterocycles. The van der Waals surface area contributed by atoms with Gasteiger partial charge in [-0.25, -0.2) is 0 Å². The van der Waals surface area contributed by atoms with Gasteiger partial charge in [0.25, 0.3) is 0 Å². The first-order valence-electron chi connectivity index (χ1n) is 4.61. The minimum absolute atomic E-state index is 0.502. The zero-order valence-electron chi connectivity index (χ0n) is 8.35. The van der Waals surface area contributed by atoms with E-state index in [1.54, 1.807) is 4.68 Å². The molecule has 0 saturated heterocycles. The van der Waals surface area contributed by atoms with Crippen LogP contribution in [0.4, 0.5) is 0 Å². The number of nitrogens with zero attached hydrogens (tertiary/aromatic N) is 2. The Morgan fingerprint density at radius 1 is 1.27 bits per heavy atom. The fourth-order valence-electron chi connectivity index (χ4n) is 1.23. The lowest BCUT2D eigenvalue weighted by Crippen LogP contribution is -1.97. The minimum atomic E-state index is 0.502. The van der Waals surface area contributed by atoms with Gasteiger partial charge in [0.2, 0.25) is 0 Å². The predicted octanol–water partition coefficient (Wildman–Crippen LogP) is 2.76. The molecule has 1 aromatic heterocycles. The third kappa shape index (κ3) is 2.83. The summed E-state index contributed by atoms with van der Waals surface area (Å²) in [4.78, 5) is 0. The van der Waals surface area contributed by atoms with Gasteiger partial charge in [-0.1, -0.05) is 15.9 Å². The molecule has 0 spiro atoms. The summed E-state index contributed by atoms with van der Waals surface area (Å²) in [6.45, 7) is 0.502. The molecule has 0 aliphatic carbocycles.